The van der Waals surface area contributed by atoms with Crippen molar-refractivity contribution in [2.75, 3.05) is 24.3 Å². The van der Waals surface area contributed by atoms with Gasteiger partial charge >= 0.3 is 5.97 Å². The molecule has 1 aliphatic rings. The topological polar surface area (TPSA) is 80.8 Å². The van der Waals surface area contributed by atoms with Gasteiger partial charge in [-0.1, -0.05) is 12.1 Å². The minimum absolute atomic E-state index is 0.0252. The Bertz CT molecular complexity index is 747. The number of hydrogen-bond donors (Lipinski definition) is 0. The lowest BCUT2D eigenvalue weighted by Crippen LogP contribution is -2.46. The molecule has 1 saturated heterocycles. The summed E-state index contributed by atoms with van der Waals surface area (Å²) in [6.07, 6.45) is 1.32. The number of ether oxygens (including phenoxy) is 1. The Morgan fingerprint density at radius 3 is 2.60 bits per heavy atom. The van der Waals surface area contributed by atoms with E-state index in [0.29, 0.717) is 18.5 Å². The van der Waals surface area contributed by atoms with E-state index in [1.807, 2.05) is 18.4 Å². The summed E-state index contributed by atoms with van der Waals surface area (Å²) in [7, 11) is -3.09. The molecule has 0 aliphatic carbocycles. The molecule has 1 fully saturated rings. The molecular formula is C17H23NO5S2. The Morgan fingerprint density at radius 2 is 2.04 bits per heavy atom. The maximum absolute atomic E-state index is 12.6. The summed E-state index contributed by atoms with van der Waals surface area (Å²) < 4.78 is 28.7. The number of thioether (sulfide) groups is 1. The summed E-state index contributed by atoms with van der Waals surface area (Å²) in [5, 5.41) is 0. The zero-order valence-electron chi connectivity index (χ0n) is 14.6. The highest BCUT2D eigenvalue weighted by Gasteiger charge is 2.36. The van der Waals surface area contributed by atoms with E-state index in [1.165, 1.54) is 23.6 Å². The fourth-order valence-corrected chi connectivity index (χ4v) is 5.25. The van der Waals surface area contributed by atoms with E-state index >= 15 is 0 Å². The van der Waals surface area contributed by atoms with Gasteiger partial charge < -0.3 is 9.64 Å². The van der Waals surface area contributed by atoms with E-state index in [-0.39, 0.29) is 23.5 Å². The molecule has 0 aromatic heterocycles. The van der Waals surface area contributed by atoms with Crippen LogP contribution < -0.4 is 0 Å². The predicted molar refractivity (Wildman–Crippen MR) is 97.5 cm³/mol. The third-order valence-electron chi connectivity index (χ3n) is 4.23. The van der Waals surface area contributed by atoms with E-state index < -0.39 is 21.9 Å². The van der Waals surface area contributed by atoms with Gasteiger partial charge in [0.15, 0.2) is 15.9 Å². The van der Waals surface area contributed by atoms with Crippen LogP contribution in [-0.2, 0) is 19.4 Å². The lowest BCUT2D eigenvalue weighted by atomic mass is 10.2. The molecule has 0 bridgehead atoms. The second-order valence-corrected chi connectivity index (χ2v) is 9.01. The molecule has 1 heterocycles. The average Bonchev–Trinajstić information content (AvgIpc) is 2.94. The van der Waals surface area contributed by atoms with Gasteiger partial charge in [-0.15, -0.1) is 11.8 Å². The lowest BCUT2D eigenvalue weighted by Gasteiger charge is -2.29. The minimum Gasteiger partial charge on any atom is -0.449 e. The SMILES string of the molecule is CCN(C(=O)[C@@H](C)OC(=O)c1ccccc1SC)[C@@H]1CCS(=O)(=O)C1. The first-order chi connectivity index (χ1) is 11.8. The molecular weight excluding hydrogens is 362 g/mol. The van der Waals surface area contributed by atoms with Crippen LogP contribution in [-0.4, -0.2) is 61.6 Å². The molecule has 25 heavy (non-hydrogen) atoms. The van der Waals surface area contributed by atoms with Crippen LogP contribution in [0.25, 0.3) is 0 Å². The summed E-state index contributed by atoms with van der Waals surface area (Å²) >= 11 is 1.43. The third kappa shape index (κ3) is 4.76. The smallest absolute Gasteiger partial charge is 0.340 e. The van der Waals surface area contributed by atoms with Crippen molar-refractivity contribution in [3.63, 3.8) is 0 Å². The Balaban J connectivity index is 2.07. The first kappa shape index (κ1) is 19.8. The van der Waals surface area contributed by atoms with Crippen molar-refractivity contribution < 1.29 is 22.7 Å². The van der Waals surface area contributed by atoms with Crippen LogP contribution in [0.5, 0.6) is 0 Å². The van der Waals surface area contributed by atoms with Crippen molar-refractivity contribution in [3.8, 4) is 0 Å². The predicted octanol–water partition coefficient (Wildman–Crippen LogP) is 1.99. The molecule has 2 rings (SSSR count). The Kier molecular flexibility index (Phi) is 6.51. The molecule has 6 nitrogen and oxygen atoms in total. The zero-order chi connectivity index (χ0) is 18.6. The molecule has 1 aromatic carbocycles. The Labute approximate surface area is 152 Å². The van der Waals surface area contributed by atoms with E-state index in [0.717, 1.165) is 4.90 Å². The molecule has 8 heteroatoms. The monoisotopic (exact) mass is 385 g/mol. The van der Waals surface area contributed by atoms with Crippen LogP contribution in [0.4, 0.5) is 0 Å². The van der Waals surface area contributed by atoms with Gasteiger partial charge in [-0.05, 0) is 38.7 Å². The molecule has 138 valence electrons. The number of amides is 1. The number of rotatable bonds is 6. The lowest BCUT2D eigenvalue weighted by molar-refractivity contribution is -0.141. The fourth-order valence-electron chi connectivity index (χ4n) is 2.94. The minimum atomic E-state index is -3.09. The maximum Gasteiger partial charge on any atom is 0.340 e. The number of likely N-dealkylation sites (N-methyl/N-ethyl adjacent to an activating group) is 1. The van der Waals surface area contributed by atoms with Gasteiger partial charge in [-0.25, -0.2) is 13.2 Å². The summed E-state index contributed by atoms with van der Waals surface area (Å²) in [5.41, 5.74) is 0.418. The number of carbonyl (C=O) groups is 2. The van der Waals surface area contributed by atoms with Gasteiger partial charge in [0.1, 0.15) is 0 Å². The first-order valence-electron chi connectivity index (χ1n) is 8.14. The molecule has 2 atom stereocenters. The van der Waals surface area contributed by atoms with E-state index in [1.54, 1.807) is 19.1 Å². The molecule has 0 radical (unpaired) electrons. The van der Waals surface area contributed by atoms with Gasteiger partial charge in [-0.3, -0.25) is 4.79 Å². The number of esters is 1. The normalized spacial score (nSPS) is 20.0. The van der Waals surface area contributed by atoms with Crippen molar-refractivity contribution in [1.82, 2.24) is 4.90 Å². The summed E-state index contributed by atoms with van der Waals surface area (Å²) in [5.74, 6) is -0.848. The highest BCUT2D eigenvalue weighted by Crippen LogP contribution is 2.22. The van der Waals surface area contributed by atoms with Crippen LogP contribution >= 0.6 is 11.8 Å². The number of benzene rings is 1. The summed E-state index contributed by atoms with van der Waals surface area (Å²) in [6, 6.07) is 6.70. The molecule has 1 aliphatic heterocycles. The van der Waals surface area contributed by atoms with E-state index in [9.17, 15) is 18.0 Å². The number of hydrogen-bond acceptors (Lipinski definition) is 6. The molecule has 0 spiro atoms. The van der Waals surface area contributed by atoms with Crippen molar-refractivity contribution in [3.05, 3.63) is 29.8 Å². The van der Waals surface area contributed by atoms with E-state index in [4.69, 9.17) is 4.74 Å². The fraction of sp³-hybridized carbons (Fsp3) is 0.529. The van der Waals surface area contributed by atoms with Crippen LogP contribution in [0.15, 0.2) is 29.2 Å². The molecule has 0 saturated carbocycles. The number of nitrogens with zero attached hydrogens (tertiary/aromatic N) is 1. The summed E-state index contributed by atoms with van der Waals surface area (Å²) in [4.78, 5) is 27.3. The maximum atomic E-state index is 12.6. The highest BCUT2D eigenvalue weighted by molar-refractivity contribution is 7.98. The van der Waals surface area contributed by atoms with Gasteiger partial charge in [0.2, 0.25) is 0 Å². The van der Waals surface area contributed by atoms with Gasteiger partial charge in [0.05, 0.1) is 17.1 Å². The molecule has 0 N–H and O–H groups in total. The van der Waals surface area contributed by atoms with Gasteiger partial charge in [0, 0.05) is 17.5 Å². The third-order valence-corrected chi connectivity index (χ3v) is 6.78. The number of carbonyl (C=O) groups excluding carboxylic acids is 2. The molecule has 1 aromatic rings. The van der Waals surface area contributed by atoms with Crippen molar-refractivity contribution in [2.24, 2.45) is 0 Å². The standard InChI is InChI=1S/C17H23NO5S2/c1-4-18(13-9-10-25(21,22)11-13)16(19)12(2)23-17(20)14-7-5-6-8-15(14)24-3/h5-8,12-13H,4,9-11H2,1-3H3/t12-,13-/m1/s1. The quantitative estimate of drug-likeness (QED) is 0.550. The van der Waals surface area contributed by atoms with E-state index in [2.05, 4.69) is 0 Å². The van der Waals surface area contributed by atoms with Gasteiger partial charge in [-0.2, -0.15) is 0 Å². The van der Waals surface area contributed by atoms with Crippen molar-refractivity contribution in [2.45, 2.75) is 37.3 Å². The van der Waals surface area contributed by atoms with Crippen molar-refractivity contribution >= 4 is 33.5 Å². The van der Waals surface area contributed by atoms with Crippen molar-refractivity contribution in [1.29, 1.82) is 0 Å². The van der Waals surface area contributed by atoms with Crippen LogP contribution in [0, 0.1) is 0 Å². The molecule has 0 unspecified atom stereocenters. The Morgan fingerprint density at radius 1 is 1.36 bits per heavy atom. The zero-order valence-corrected chi connectivity index (χ0v) is 16.2. The number of sulfone groups is 1. The Hall–Kier alpha value is -1.54. The van der Waals surface area contributed by atoms with Crippen LogP contribution in [0.3, 0.4) is 0 Å². The van der Waals surface area contributed by atoms with Crippen LogP contribution in [0.1, 0.15) is 30.6 Å². The van der Waals surface area contributed by atoms with Gasteiger partial charge in [0.25, 0.3) is 5.91 Å². The largest absolute Gasteiger partial charge is 0.449 e. The average molecular weight is 386 g/mol. The highest BCUT2D eigenvalue weighted by atomic mass is 32.2. The second-order valence-electron chi connectivity index (χ2n) is 5.93. The second kappa shape index (κ2) is 8.23. The molecule has 1 amide bonds. The van der Waals surface area contributed by atoms with Crippen LogP contribution in [0.2, 0.25) is 0 Å². The first-order valence-corrected chi connectivity index (χ1v) is 11.2. The summed E-state index contributed by atoms with van der Waals surface area (Å²) in [6.45, 7) is 3.69.